The summed E-state index contributed by atoms with van der Waals surface area (Å²) in [6.07, 6.45) is 1.32. The first-order valence-corrected chi connectivity index (χ1v) is 6.90. The van der Waals surface area contributed by atoms with Gasteiger partial charge in [-0.3, -0.25) is 4.79 Å². The van der Waals surface area contributed by atoms with E-state index in [1.165, 1.54) is 30.2 Å². The molecule has 0 spiro atoms. The molecule has 1 aromatic carbocycles. The minimum atomic E-state index is -0.455. The zero-order valence-electron chi connectivity index (χ0n) is 10.9. The van der Waals surface area contributed by atoms with Crippen LogP contribution in [0.5, 0.6) is 5.75 Å². The van der Waals surface area contributed by atoms with Gasteiger partial charge in [0.1, 0.15) is 0 Å². The van der Waals surface area contributed by atoms with Crippen LogP contribution in [0.3, 0.4) is 0 Å². The number of carbonyl (C=O) groups excluding carboxylic acids is 1. The van der Waals surface area contributed by atoms with Gasteiger partial charge in [0.05, 0.1) is 7.11 Å². The highest BCUT2D eigenvalue weighted by atomic mass is 32.1. The molecule has 2 nitrogen and oxygen atoms in total. The van der Waals surface area contributed by atoms with Gasteiger partial charge in [0.2, 0.25) is 0 Å². The maximum atomic E-state index is 13.3. The number of rotatable bonds is 5. The summed E-state index contributed by atoms with van der Waals surface area (Å²) < 4.78 is 18.2. The average molecular weight is 278 g/mol. The van der Waals surface area contributed by atoms with Crippen LogP contribution >= 0.6 is 11.3 Å². The number of methoxy groups -OCH3 is 1. The molecule has 4 heteroatoms. The van der Waals surface area contributed by atoms with E-state index in [0.29, 0.717) is 12.0 Å². The number of halogens is 1. The highest BCUT2D eigenvalue weighted by molar-refractivity contribution is 7.12. The number of carbonyl (C=O) groups is 1. The van der Waals surface area contributed by atoms with Gasteiger partial charge in [0.15, 0.2) is 17.3 Å². The lowest BCUT2D eigenvalue weighted by atomic mass is 10.1. The van der Waals surface area contributed by atoms with Crippen molar-refractivity contribution in [1.29, 1.82) is 0 Å². The van der Waals surface area contributed by atoms with Crippen molar-refractivity contribution in [2.24, 2.45) is 0 Å². The molecule has 2 rings (SSSR count). The third-order valence-electron chi connectivity index (χ3n) is 2.87. The van der Waals surface area contributed by atoms with Crippen LogP contribution < -0.4 is 4.74 Å². The van der Waals surface area contributed by atoms with Crippen LogP contribution in [0.4, 0.5) is 4.39 Å². The zero-order chi connectivity index (χ0) is 13.8. The summed E-state index contributed by atoms with van der Waals surface area (Å²) in [4.78, 5) is 14.4. The highest BCUT2D eigenvalue weighted by Crippen LogP contribution is 2.22. The van der Waals surface area contributed by atoms with Crippen LogP contribution in [-0.4, -0.2) is 12.9 Å². The first-order valence-electron chi connectivity index (χ1n) is 6.08. The van der Waals surface area contributed by atoms with Crippen LogP contribution in [0.1, 0.15) is 27.0 Å². The van der Waals surface area contributed by atoms with Crippen molar-refractivity contribution in [3.8, 4) is 5.75 Å². The van der Waals surface area contributed by atoms with Crippen molar-refractivity contribution in [3.05, 3.63) is 51.5 Å². The number of benzene rings is 1. The lowest BCUT2D eigenvalue weighted by Gasteiger charge is -2.04. The van der Waals surface area contributed by atoms with Crippen LogP contribution in [0.25, 0.3) is 0 Å². The molecule has 0 unspecified atom stereocenters. The van der Waals surface area contributed by atoms with E-state index in [9.17, 15) is 9.18 Å². The normalized spacial score (nSPS) is 10.5. The van der Waals surface area contributed by atoms with E-state index in [4.69, 9.17) is 4.74 Å². The Balaban J connectivity index is 2.15. The third-order valence-corrected chi connectivity index (χ3v) is 4.10. The molecule has 0 aliphatic heterocycles. The maximum Gasteiger partial charge on any atom is 0.168 e. The Morgan fingerprint density at radius 3 is 2.63 bits per heavy atom. The molecule has 0 atom stereocenters. The first kappa shape index (κ1) is 13.7. The zero-order valence-corrected chi connectivity index (χ0v) is 11.7. The van der Waals surface area contributed by atoms with Gasteiger partial charge in [-0.15, -0.1) is 11.3 Å². The molecule has 0 fully saturated rings. The van der Waals surface area contributed by atoms with Gasteiger partial charge in [0.25, 0.3) is 0 Å². The topological polar surface area (TPSA) is 26.3 Å². The van der Waals surface area contributed by atoms with Crippen molar-refractivity contribution >= 4 is 17.1 Å². The number of Topliss-reactive ketones (excluding diaryl/α,β-unsaturated/α-hetero) is 1. The fraction of sp³-hybridized carbons (Fsp3) is 0.267. The van der Waals surface area contributed by atoms with Gasteiger partial charge < -0.3 is 4.74 Å². The Bertz CT molecular complexity index is 590. The Morgan fingerprint density at radius 1 is 1.26 bits per heavy atom. The highest BCUT2D eigenvalue weighted by Gasteiger charge is 2.12. The van der Waals surface area contributed by atoms with Crippen molar-refractivity contribution < 1.29 is 13.9 Å². The quantitative estimate of drug-likeness (QED) is 0.776. The molecule has 0 radical (unpaired) electrons. The van der Waals surface area contributed by atoms with Crippen molar-refractivity contribution in [2.75, 3.05) is 7.11 Å². The number of hydrogen-bond acceptors (Lipinski definition) is 3. The number of aryl methyl sites for hydroxylation is 1. The summed E-state index contributed by atoms with van der Waals surface area (Å²) in [5.41, 5.74) is 0.477. The minimum Gasteiger partial charge on any atom is -0.494 e. The molecular weight excluding hydrogens is 263 g/mol. The molecule has 0 amide bonds. The fourth-order valence-electron chi connectivity index (χ4n) is 1.80. The van der Waals surface area contributed by atoms with E-state index in [1.54, 1.807) is 11.3 Å². The summed E-state index contributed by atoms with van der Waals surface area (Å²) >= 11 is 1.64. The molecule has 1 aromatic heterocycles. The minimum absolute atomic E-state index is 0.0252. The second kappa shape index (κ2) is 5.97. The molecule has 2 aromatic rings. The summed E-state index contributed by atoms with van der Waals surface area (Å²) in [7, 11) is 1.39. The number of ether oxygens (including phenoxy) is 1. The fourth-order valence-corrected chi connectivity index (χ4v) is 2.76. The predicted molar refractivity (Wildman–Crippen MR) is 74.7 cm³/mol. The molecular formula is C15H15FO2S. The Hall–Kier alpha value is -1.68. The number of ketones is 1. The lowest BCUT2D eigenvalue weighted by Crippen LogP contribution is -2.03. The van der Waals surface area contributed by atoms with E-state index in [-0.39, 0.29) is 11.5 Å². The second-order valence-corrected chi connectivity index (χ2v) is 5.42. The van der Waals surface area contributed by atoms with Gasteiger partial charge in [-0.1, -0.05) is 6.92 Å². The Morgan fingerprint density at radius 2 is 2.00 bits per heavy atom. The van der Waals surface area contributed by atoms with Crippen LogP contribution in [0.2, 0.25) is 0 Å². The number of hydrogen-bond donors (Lipinski definition) is 0. The van der Waals surface area contributed by atoms with Gasteiger partial charge >= 0.3 is 0 Å². The van der Waals surface area contributed by atoms with Gasteiger partial charge in [-0.2, -0.15) is 0 Å². The maximum absolute atomic E-state index is 13.3. The third kappa shape index (κ3) is 3.20. The van der Waals surface area contributed by atoms with E-state index in [2.05, 4.69) is 6.92 Å². The number of thiophene rings is 1. The molecule has 0 aliphatic carbocycles. The molecule has 100 valence electrons. The molecule has 1 heterocycles. The molecule has 0 saturated carbocycles. The lowest BCUT2D eigenvalue weighted by molar-refractivity contribution is 0.0993. The Labute approximate surface area is 115 Å². The second-order valence-electron chi connectivity index (χ2n) is 4.17. The van der Waals surface area contributed by atoms with Gasteiger partial charge in [-0.05, 0) is 36.8 Å². The molecule has 0 saturated heterocycles. The van der Waals surface area contributed by atoms with Crippen LogP contribution in [-0.2, 0) is 12.8 Å². The van der Waals surface area contributed by atoms with Crippen molar-refractivity contribution in [3.63, 3.8) is 0 Å². The monoisotopic (exact) mass is 278 g/mol. The van der Waals surface area contributed by atoms with E-state index < -0.39 is 5.82 Å². The summed E-state index contributed by atoms with van der Waals surface area (Å²) in [6.45, 7) is 2.09. The molecule has 19 heavy (non-hydrogen) atoms. The summed E-state index contributed by atoms with van der Waals surface area (Å²) in [6, 6.07) is 8.22. The largest absolute Gasteiger partial charge is 0.494 e. The van der Waals surface area contributed by atoms with E-state index >= 15 is 0 Å². The van der Waals surface area contributed by atoms with Gasteiger partial charge in [0, 0.05) is 21.7 Å². The van der Waals surface area contributed by atoms with Crippen LogP contribution in [0.15, 0.2) is 30.3 Å². The predicted octanol–water partition coefficient (Wildman–Crippen LogP) is 3.88. The SMILES string of the molecule is CCc1ccc(CC(=O)c2ccc(F)c(OC)c2)s1. The van der Waals surface area contributed by atoms with E-state index in [1.807, 2.05) is 12.1 Å². The summed E-state index contributed by atoms with van der Waals surface area (Å²) in [5, 5.41) is 0. The molecule has 0 N–H and O–H groups in total. The van der Waals surface area contributed by atoms with Crippen LogP contribution in [0, 0.1) is 5.82 Å². The first-order chi connectivity index (χ1) is 9.13. The molecule has 0 bridgehead atoms. The van der Waals surface area contributed by atoms with Crippen molar-refractivity contribution in [1.82, 2.24) is 0 Å². The molecule has 0 aliphatic rings. The standard InChI is InChI=1S/C15H15FO2S/c1-3-11-5-6-12(19-11)9-14(17)10-4-7-13(16)15(8-10)18-2/h4-8H,3,9H2,1-2H3. The summed E-state index contributed by atoms with van der Waals surface area (Å²) in [5.74, 6) is -0.377. The van der Waals surface area contributed by atoms with Crippen molar-refractivity contribution in [2.45, 2.75) is 19.8 Å². The van der Waals surface area contributed by atoms with Gasteiger partial charge in [-0.25, -0.2) is 4.39 Å². The average Bonchev–Trinajstić information content (AvgIpc) is 2.86. The smallest absolute Gasteiger partial charge is 0.168 e. The Kier molecular flexibility index (Phi) is 4.32. The van der Waals surface area contributed by atoms with E-state index in [0.717, 1.165) is 11.3 Å².